The van der Waals surface area contributed by atoms with Crippen molar-refractivity contribution in [3.8, 4) is 5.75 Å². The number of fused-ring (bicyclic) bond motifs is 1. The molecule has 0 spiro atoms. The maximum atomic E-state index is 12.5. The van der Waals surface area contributed by atoms with Gasteiger partial charge in [-0.25, -0.2) is 0 Å². The molecule has 1 amide bonds. The van der Waals surface area contributed by atoms with Gasteiger partial charge in [0.1, 0.15) is 5.75 Å². The van der Waals surface area contributed by atoms with E-state index in [1.807, 2.05) is 19.1 Å². The molecule has 1 atom stereocenters. The molecule has 0 heterocycles. The molecular weight excluding hydrogens is 346 g/mol. The molecule has 3 nitrogen and oxygen atoms in total. The van der Waals surface area contributed by atoms with Crippen molar-refractivity contribution < 1.29 is 9.53 Å². The average molecular weight is 384 g/mol. The Hall–Kier alpha value is -2.03. The third kappa shape index (κ3) is 6.25. The van der Waals surface area contributed by atoms with Crippen LogP contribution in [0, 0.1) is 11.3 Å². The highest BCUT2D eigenvalue weighted by Crippen LogP contribution is 2.33. The van der Waals surface area contributed by atoms with Gasteiger partial charge < -0.3 is 10.1 Å². The highest BCUT2D eigenvalue weighted by Gasteiger charge is 2.23. The molecule has 0 aliphatic rings. The summed E-state index contributed by atoms with van der Waals surface area (Å²) in [5.41, 5.74) is 1.14. The lowest BCUT2D eigenvalue weighted by atomic mass is 9.84. The molecule has 0 aliphatic carbocycles. The van der Waals surface area contributed by atoms with Crippen LogP contribution < -0.4 is 10.1 Å². The Morgan fingerprint density at radius 1 is 1.11 bits per heavy atom. The first-order valence-electron chi connectivity index (χ1n) is 10.7. The van der Waals surface area contributed by atoms with E-state index in [-0.39, 0.29) is 17.2 Å². The molecule has 2 aromatic rings. The second kappa shape index (κ2) is 10.5. The number of nitrogens with one attached hydrogen (secondary N) is 1. The third-order valence-corrected chi connectivity index (χ3v) is 5.51. The summed E-state index contributed by atoms with van der Waals surface area (Å²) >= 11 is 0. The minimum atomic E-state index is -0.0483. The Balaban J connectivity index is 1.96. The molecular formula is C25H37NO2. The summed E-state index contributed by atoms with van der Waals surface area (Å²) in [6.45, 7) is 9.33. The molecule has 0 fully saturated rings. The molecule has 154 valence electrons. The maximum Gasteiger partial charge on any atom is 0.222 e. The van der Waals surface area contributed by atoms with Gasteiger partial charge in [-0.05, 0) is 29.2 Å². The van der Waals surface area contributed by atoms with Crippen molar-refractivity contribution in [2.75, 3.05) is 13.7 Å². The first kappa shape index (κ1) is 22.3. The molecule has 28 heavy (non-hydrogen) atoms. The molecule has 0 bridgehead atoms. The first-order chi connectivity index (χ1) is 13.4. The monoisotopic (exact) mass is 383 g/mol. The van der Waals surface area contributed by atoms with Gasteiger partial charge in [-0.2, -0.15) is 0 Å². The van der Waals surface area contributed by atoms with Crippen LogP contribution in [0.4, 0.5) is 0 Å². The number of unbranched alkanes of at least 4 members (excludes halogenated alkanes) is 3. The molecule has 0 saturated carbocycles. The van der Waals surface area contributed by atoms with Crippen molar-refractivity contribution >= 4 is 16.7 Å². The third-order valence-electron chi connectivity index (χ3n) is 5.51. The number of methoxy groups -OCH3 is 1. The van der Waals surface area contributed by atoms with Gasteiger partial charge in [-0.1, -0.05) is 89.8 Å². The normalized spacial score (nSPS) is 12.8. The van der Waals surface area contributed by atoms with E-state index in [2.05, 4.69) is 50.4 Å². The fourth-order valence-electron chi connectivity index (χ4n) is 3.76. The summed E-state index contributed by atoms with van der Waals surface area (Å²) in [4.78, 5) is 12.5. The van der Waals surface area contributed by atoms with Crippen LogP contribution in [0.25, 0.3) is 10.8 Å². The molecule has 2 aromatic carbocycles. The summed E-state index contributed by atoms with van der Waals surface area (Å²) in [5, 5.41) is 5.51. The number of rotatable bonds is 11. The van der Waals surface area contributed by atoms with Gasteiger partial charge in [0.05, 0.1) is 7.11 Å². The van der Waals surface area contributed by atoms with Crippen LogP contribution in [0.2, 0.25) is 0 Å². The lowest BCUT2D eigenvalue weighted by molar-refractivity contribution is -0.125. The number of hydrogen-bond acceptors (Lipinski definition) is 2. The molecule has 0 radical (unpaired) electrons. The highest BCUT2D eigenvalue weighted by atomic mass is 16.5. The Bertz CT molecular complexity index is 766. The van der Waals surface area contributed by atoms with E-state index in [4.69, 9.17) is 4.74 Å². The zero-order valence-electron chi connectivity index (χ0n) is 18.3. The van der Waals surface area contributed by atoms with Crippen LogP contribution in [-0.4, -0.2) is 19.6 Å². The first-order valence-corrected chi connectivity index (χ1v) is 10.7. The molecule has 0 aliphatic heterocycles. The summed E-state index contributed by atoms with van der Waals surface area (Å²) in [7, 11) is 1.74. The van der Waals surface area contributed by atoms with Crippen molar-refractivity contribution in [1.29, 1.82) is 0 Å². The lowest BCUT2D eigenvalue weighted by Gasteiger charge is -2.27. The smallest absolute Gasteiger partial charge is 0.222 e. The second-order valence-corrected chi connectivity index (χ2v) is 8.79. The zero-order chi connectivity index (χ0) is 20.6. The van der Waals surface area contributed by atoms with Crippen LogP contribution in [0.5, 0.6) is 5.75 Å². The van der Waals surface area contributed by atoms with Crippen LogP contribution in [0.1, 0.15) is 65.4 Å². The topological polar surface area (TPSA) is 38.3 Å². The second-order valence-electron chi connectivity index (χ2n) is 8.79. The van der Waals surface area contributed by atoms with Crippen molar-refractivity contribution in [2.45, 2.75) is 66.2 Å². The van der Waals surface area contributed by atoms with E-state index in [0.29, 0.717) is 6.54 Å². The summed E-state index contributed by atoms with van der Waals surface area (Å²) in [6, 6.07) is 12.6. The van der Waals surface area contributed by atoms with Gasteiger partial charge in [0.25, 0.3) is 0 Å². The van der Waals surface area contributed by atoms with E-state index < -0.39 is 0 Å². The maximum absolute atomic E-state index is 12.5. The number of carbonyl (C=O) groups excluding carboxylic acids is 1. The van der Waals surface area contributed by atoms with Crippen molar-refractivity contribution in [3.63, 3.8) is 0 Å². The predicted molar refractivity (Wildman–Crippen MR) is 119 cm³/mol. The quantitative estimate of drug-likeness (QED) is 0.473. The zero-order valence-corrected chi connectivity index (χ0v) is 18.3. The van der Waals surface area contributed by atoms with E-state index in [1.165, 1.54) is 30.2 Å². The molecule has 0 saturated heterocycles. The van der Waals surface area contributed by atoms with Gasteiger partial charge in [0.2, 0.25) is 5.91 Å². The highest BCUT2D eigenvalue weighted by molar-refractivity contribution is 5.89. The van der Waals surface area contributed by atoms with Crippen LogP contribution in [0.15, 0.2) is 36.4 Å². The minimum absolute atomic E-state index is 0.0483. The van der Waals surface area contributed by atoms with Gasteiger partial charge in [-0.15, -0.1) is 0 Å². The van der Waals surface area contributed by atoms with Gasteiger partial charge in [0.15, 0.2) is 0 Å². The average Bonchev–Trinajstić information content (AvgIpc) is 2.69. The molecule has 3 heteroatoms. The number of ether oxygens (including phenoxy) is 1. The van der Waals surface area contributed by atoms with Gasteiger partial charge >= 0.3 is 0 Å². The Morgan fingerprint density at radius 2 is 1.86 bits per heavy atom. The molecule has 2 rings (SSSR count). The predicted octanol–water partition coefficient (Wildman–Crippen LogP) is 6.14. The van der Waals surface area contributed by atoms with Gasteiger partial charge in [-0.3, -0.25) is 4.79 Å². The summed E-state index contributed by atoms with van der Waals surface area (Å²) in [6.07, 6.45) is 6.68. The van der Waals surface area contributed by atoms with Crippen LogP contribution >= 0.6 is 0 Å². The van der Waals surface area contributed by atoms with Gasteiger partial charge in [0, 0.05) is 17.8 Å². The molecule has 1 unspecified atom stereocenters. The van der Waals surface area contributed by atoms with Crippen LogP contribution in [-0.2, 0) is 11.2 Å². The fraction of sp³-hybridized carbons (Fsp3) is 0.560. The lowest BCUT2D eigenvalue weighted by Crippen LogP contribution is -2.38. The fourth-order valence-corrected chi connectivity index (χ4v) is 3.76. The van der Waals surface area contributed by atoms with Crippen molar-refractivity contribution in [3.05, 3.63) is 42.0 Å². The number of hydrogen-bond donors (Lipinski definition) is 1. The van der Waals surface area contributed by atoms with Crippen molar-refractivity contribution in [2.24, 2.45) is 11.3 Å². The molecule has 0 aromatic heterocycles. The Labute approximate surface area is 170 Å². The summed E-state index contributed by atoms with van der Waals surface area (Å²) < 4.78 is 5.75. The Morgan fingerprint density at radius 3 is 2.57 bits per heavy atom. The number of amides is 1. The summed E-state index contributed by atoms with van der Waals surface area (Å²) in [5.74, 6) is 1.21. The van der Waals surface area contributed by atoms with E-state index in [9.17, 15) is 4.79 Å². The van der Waals surface area contributed by atoms with E-state index in [0.717, 1.165) is 30.4 Å². The standard InChI is InChI=1S/C25H37NO2/c1-6-7-8-9-12-19(2)24(27)26-18-25(3,4)17-21-16-15-20-13-10-11-14-22(20)23(21)28-5/h10-11,13-16,19H,6-9,12,17-18H2,1-5H3,(H,26,27). The number of carbonyl (C=O) groups is 1. The number of benzene rings is 2. The largest absolute Gasteiger partial charge is 0.496 e. The SMILES string of the molecule is CCCCCCC(C)C(=O)NCC(C)(C)Cc1ccc2ccccc2c1OC. The van der Waals surface area contributed by atoms with E-state index >= 15 is 0 Å². The Kier molecular flexibility index (Phi) is 8.35. The molecule has 1 N–H and O–H groups in total. The van der Waals surface area contributed by atoms with Crippen molar-refractivity contribution in [1.82, 2.24) is 5.32 Å². The van der Waals surface area contributed by atoms with Crippen LogP contribution in [0.3, 0.4) is 0 Å². The minimum Gasteiger partial charge on any atom is -0.496 e. The van der Waals surface area contributed by atoms with E-state index in [1.54, 1.807) is 7.11 Å².